The van der Waals surface area contributed by atoms with Gasteiger partial charge in [-0.2, -0.15) is 0 Å². The summed E-state index contributed by atoms with van der Waals surface area (Å²) in [5.74, 6) is 1.41. The zero-order valence-corrected chi connectivity index (χ0v) is 17.2. The number of nitrogens with zero attached hydrogens (tertiary/aromatic N) is 3. The third kappa shape index (κ3) is 4.79. The zero-order chi connectivity index (χ0) is 20.2. The van der Waals surface area contributed by atoms with Crippen molar-refractivity contribution in [1.29, 1.82) is 0 Å². The Morgan fingerprint density at radius 2 is 2.21 bits per heavy atom. The number of anilines is 1. The highest BCUT2D eigenvalue weighted by molar-refractivity contribution is 5.97. The number of rotatable bonds is 8. The summed E-state index contributed by atoms with van der Waals surface area (Å²) in [6, 6.07) is 8.48. The molecule has 29 heavy (non-hydrogen) atoms. The lowest BCUT2D eigenvalue weighted by molar-refractivity contribution is -0.121. The Kier molecular flexibility index (Phi) is 6.16. The molecule has 0 spiro atoms. The van der Waals surface area contributed by atoms with E-state index in [0.717, 1.165) is 48.9 Å². The van der Waals surface area contributed by atoms with Crippen LogP contribution in [0.15, 0.2) is 28.8 Å². The van der Waals surface area contributed by atoms with Gasteiger partial charge in [0.15, 0.2) is 6.61 Å². The van der Waals surface area contributed by atoms with Gasteiger partial charge in [-0.3, -0.25) is 9.69 Å². The Hall–Kier alpha value is -2.38. The first-order valence-corrected chi connectivity index (χ1v) is 10.4. The quantitative estimate of drug-likeness (QED) is 0.636. The smallest absolute Gasteiger partial charge is 0.265 e. The van der Waals surface area contributed by atoms with E-state index < -0.39 is 0 Å². The number of likely N-dealkylation sites (tertiary alicyclic amines) is 1. The second kappa shape index (κ2) is 8.97. The molecule has 7 heteroatoms. The first kappa shape index (κ1) is 19.9. The van der Waals surface area contributed by atoms with Crippen molar-refractivity contribution in [1.82, 2.24) is 10.1 Å². The minimum Gasteiger partial charge on any atom is -0.482 e. The number of benzene rings is 1. The molecule has 1 aromatic heterocycles. The largest absolute Gasteiger partial charge is 0.482 e. The van der Waals surface area contributed by atoms with Crippen molar-refractivity contribution < 1.29 is 18.8 Å². The van der Waals surface area contributed by atoms with Gasteiger partial charge >= 0.3 is 0 Å². The highest BCUT2D eigenvalue weighted by atomic mass is 16.5. The van der Waals surface area contributed by atoms with Crippen LogP contribution >= 0.6 is 0 Å². The van der Waals surface area contributed by atoms with E-state index in [0.29, 0.717) is 12.6 Å². The Balaban J connectivity index is 1.31. The summed E-state index contributed by atoms with van der Waals surface area (Å²) in [6.45, 7) is 5.04. The summed E-state index contributed by atoms with van der Waals surface area (Å²) < 4.78 is 16.7. The Bertz CT molecular complexity index is 850. The van der Waals surface area contributed by atoms with Gasteiger partial charge in [0.1, 0.15) is 17.2 Å². The average Bonchev–Trinajstić information content (AvgIpc) is 3.31. The van der Waals surface area contributed by atoms with Crippen LogP contribution in [0.2, 0.25) is 0 Å². The summed E-state index contributed by atoms with van der Waals surface area (Å²) in [5.41, 5.74) is 2.71. The van der Waals surface area contributed by atoms with Gasteiger partial charge in [-0.1, -0.05) is 11.2 Å². The van der Waals surface area contributed by atoms with Crippen molar-refractivity contribution in [3.63, 3.8) is 0 Å². The van der Waals surface area contributed by atoms with E-state index >= 15 is 0 Å². The predicted molar refractivity (Wildman–Crippen MR) is 109 cm³/mol. The number of aromatic nitrogens is 1. The third-order valence-electron chi connectivity index (χ3n) is 5.70. The highest BCUT2D eigenvalue weighted by Gasteiger charge is 2.26. The number of hydrogen-bond donors (Lipinski definition) is 0. The summed E-state index contributed by atoms with van der Waals surface area (Å²) in [6.07, 6.45) is 4.40. The van der Waals surface area contributed by atoms with E-state index in [2.05, 4.69) is 23.2 Å². The fraction of sp³-hybridized carbons (Fsp3) is 0.545. The molecule has 0 bridgehead atoms. The monoisotopic (exact) mass is 399 g/mol. The van der Waals surface area contributed by atoms with E-state index in [4.69, 9.17) is 14.0 Å². The van der Waals surface area contributed by atoms with Crippen LogP contribution in [0.4, 0.5) is 5.69 Å². The molecule has 1 aromatic carbocycles. The molecule has 4 rings (SSSR count). The summed E-state index contributed by atoms with van der Waals surface area (Å²) in [7, 11) is 2.17. The van der Waals surface area contributed by atoms with Crippen molar-refractivity contribution in [3.05, 3.63) is 41.3 Å². The first-order valence-electron chi connectivity index (χ1n) is 10.4. The van der Waals surface area contributed by atoms with Crippen LogP contribution in [0.3, 0.4) is 0 Å². The third-order valence-corrected chi connectivity index (χ3v) is 5.70. The molecule has 0 aliphatic carbocycles. The molecule has 1 atom stereocenters. The molecule has 0 radical (unpaired) electrons. The van der Waals surface area contributed by atoms with Gasteiger partial charge in [0.25, 0.3) is 5.91 Å². The van der Waals surface area contributed by atoms with Crippen LogP contribution in [-0.4, -0.2) is 55.4 Å². The molecule has 1 saturated heterocycles. The van der Waals surface area contributed by atoms with Crippen molar-refractivity contribution >= 4 is 11.6 Å². The average molecular weight is 399 g/mol. The lowest BCUT2D eigenvalue weighted by atomic mass is 10.1. The van der Waals surface area contributed by atoms with Gasteiger partial charge in [-0.25, -0.2) is 0 Å². The van der Waals surface area contributed by atoms with Crippen LogP contribution < -0.4 is 9.64 Å². The fourth-order valence-electron chi connectivity index (χ4n) is 4.02. The maximum absolute atomic E-state index is 12.4. The molecular weight excluding hydrogens is 370 g/mol. The molecule has 1 fully saturated rings. The summed E-state index contributed by atoms with van der Waals surface area (Å²) >= 11 is 0. The molecule has 7 nitrogen and oxygen atoms in total. The first-order chi connectivity index (χ1) is 14.1. The standard InChI is InChI=1S/C22H29N3O4/c1-16-11-18(23-29-16)13-25-20-8-7-17(12-21(20)28-15-22(25)26)5-4-10-27-14-19-6-3-9-24(19)2/h7-8,11-12,19H,3-6,9-10,13-15H2,1-2H3/t19-/m0/s1. The van der Waals surface area contributed by atoms with E-state index in [1.807, 2.05) is 25.1 Å². The number of aryl methyl sites for hydroxylation is 2. The number of hydrogen-bond acceptors (Lipinski definition) is 6. The molecular formula is C22H29N3O4. The van der Waals surface area contributed by atoms with Crippen molar-refractivity contribution in [2.45, 2.75) is 45.2 Å². The normalized spacial score (nSPS) is 19.4. The minimum atomic E-state index is -0.0730. The van der Waals surface area contributed by atoms with Crippen LogP contribution in [0.1, 0.15) is 36.3 Å². The Labute approximate surface area is 171 Å². The SMILES string of the molecule is Cc1cc(CN2C(=O)COc3cc(CCCOC[C@@H]4CCCN4C)ccc32)no1. The lowest BCUT2D eigenvalue weighted by Gasteiger charge is -2.29. The molecule has 2 aromatic rings. The number of ether oxygens (including phenoxy) is 2. The molecule has 0 unspecified atom stereocenters. The van der Waals surface area contributed by atoms with E-state index in [1.54, 1.807) is 4.90 Å². The number of carbonyl (C=O) groups excluding carboxylic acids is 1. The maximum Gasteiger partial charge on any atom is 0.265 e. The number of amides is 1. The van der Waals surface area contributed by atoms with E-state index in [9.17, 15) is 4.79 Å². The molecule has 0 saturated carbocycles. The van der Waals surface area contributed by atoms with Crippen molar-refractivity contribution in [3.8, 4) is 5.75 Å². The van der Waals surface area contributed by atoms with Gasteiger partial charge in [-0.05, 0) is 63.9 Å². The second-order valence-electron chi connectivity index (χ2n) is 7.95. The van der Waals surface area contributed by atoms with Gasteiger partial charge in [0.2, 0.25) is 0 Å². The van der Waals surface area contributed by atoms with Crippen molar-refractivity contribution in [2.75, 3.05) is 38.3 Å². The zero-order valence-electron chi connectivity index (χ0n) is 17.2. The Morgan fingerprint density at radius 3 is 2.97 bits per heavy atom. The van der Waals surface area contributed by atoms with Gasteiger partial charge in [0.05, 0.1) is 18.8 Å². The van der Waals surface area contributed by atoms with E-state index in [1.165, 1.54) is 24.9 Å². The number of likely N-dealkylation sites (N-methyl/N-ethyl adjacent to an activating group) is 1. The lowest BCUT2D eigenvalue weighted by Crippen LogP contribution is -2.38. The van der Waals surface area contributed by atoms with Gasteiger partial charge < -0.3 is 18.9 Å². The maximum atomic E-state index is 12.4. The van der Waals surface area contributed by atoms with Crippen LogP contribution in [0.5, 0.6) is 5.75 Å². The number of fused-ring (bicyclic) bond motifs is 1. The molecule has 0 N–H and O–H groups in total. The van der Waals surface area contributed by atoms with Gasteiger partial charge in [-0.15, -0.1) is 0 Å². The summed E-state index contributed by atoms with van der Waals surface area (Å²) in [4.78, 5) is 16.4. The van der Waals surface area contributed by atoms with Crippen LogP contribution in [0.25, 0.3) is 0 Å². The Morgan fingerprint density at radius 1 is 1.31 bits per heavy atom. The topological polar surface area (TPSA) is 68.0 Å². The van der Waals surface area contributed by atoms with Crippen LogP contribution in [-0.2, 0) is 22.5 Å². The summed E-state index contributed by atoms with van der Waals surface area (Å²) in [5, 5.41) is 4.00. The molecule has 3 heterocycles. The molecule has 2 aliphatic heterocycles. The minimum absolute atomic E-state index is 0.0469. The molecule has 1 amide bonds. The number of carbonyl (C=O) groups is 1. The predicted octanol–water partition coefficient (Wildman–Crippen LogP) is 2.95. The molecule has 2 aliphatic rings. The van der Waals surface area contributed by atoms with E-state index in [-0.39, 0.29) is 12.5 Å². The fourth-order valence-corrected chi connectivity index (χ4v) is 4.02. The second-order valence-corrected chi connectivity index (χ2v) is 7.95. The molecule has 156 valence electrons. The highest BCUT2D eigenvalue weighted by Crippen LogP contribution is 2.34. The van der Waals surface area contributed by atoms with Gasteiger partial charge in [0, 0.05) is 18.7 Å². The van der Waals surface area contributed by atoms with Crippen LogP contribution in [0, 0.1) is 6.92 Å². The van der Waals surface area contributed by atoms with Crippen molar-refractivity contribution in [2.24, 2.45) is 0 Å².